The molecule has 0 amide bonds. The molecular weight excluding hydrogens is 229 g/mol. The van der Waals surface area contributed by atoms with Gasteiger partial charge in [0.2, 0.25) is 0 Å². The Morgan fingerprint density at radius 2 is 1.93 bits per heavy atom. The first-order chi connectivity index (χ1) is 7.01. The van der Waals surface area contributed by atoms with Crippen molar-refractivity contribution in [1.82, 2.24) is 4.90 Å². The van der Waals surface area contributed by atoms with Crippen molar-refractivity contribution in [2.24, 2.45) is 5.16 Å². The third kappa shape index (κ3) is 5.27. The third-order valence-electron chi connectivity index (χ3n) is 2.25. The molecule has 7 heteroatoms. The first-order valence-corrected chi connectivity index (χ1v) is 5.62. The maximum Gasteiger partial charge on any atom is 0.441 e. The molecule has 0 atom stereocenters. The van der Waals surface area contributed by atoms with Gasteiger partial charge in [0.1, 0.15) is 0 Å². The van der Waals surface area contributed by atoms with E-state index in [4.69, 9.17) is 5.21 Å². The van der Waals surface area contributed by atoms with Crippen molar-refractivity contribution in [3.63, 3.8) is 0 Å². The predicted octanol–water partition coefficient (Wildman–Crippen LogP) is 2.17. The van der Waals surface area contributed by atoms with Gasteiger partial charge < -0.3 is 10.1 Å². The number of likely N-dealkylation sites (tertiary alicyclic amines) is 1. The molecule has 3 nitrogen and oxygen atoms in total. The van der Waals surface area contributed by atoms with Crippen LogP contribution >= 0.6 is 11.8 Å². The van der Waals surface area contributed by atoms with Crippen LogP contribution in [0.5, 0.6) is 0 Å². The van der Waals surface area contributed by atoms with Crippen molar-refractivity contribution in [1.29, 1.82) is 0 Å². The SMILES string of the molecule is ON=C1CCN(CCSC(F)(F)F)CC1. The van der Waals surface area contributed by atoms with Crippen molar-refractivity contribution >= 4 is 17.5 Å². The van der Waals surface area contributed by atoms with Crippen LogP contribution in [0.15, 0.2) is 5.16 Å². The Labute approximate surface area is 90.3 Å². The van der Waals surface area contributed by atoms with Gasteiger partial charge >= 0.3 is 5.51 Å². The molecule has 1 rings (SSSR count). The predicted molar refractivity (Wildman–Crippen MR) is 53.4 cm³/mol. The second-order valence-corrected chi connectivity index (χ2v) is 4.46. The van der Waals surface area contributed by atoms with Gasteiger partial charge in [-0.1, -0.05) is 5.16 Å². The first-order valence-electron chi connectivity index (χ1n) is 4.64. The summed E-state index contributed by atoms with van der Waals surface area (Å²) < 4.78 is 35.5. The quantitative estimate of drug-likeness (QED) is 0.608. The molecule has 0 aromatic carbocycles. The highest BCUT2D eigenvalue weighted by atomic mass is 32.2. The van der Waals surface area contributed by atoms with Crippen molar-refractivity contribution in [3.05, 3.63) is 0 Å². The summed E-state index contributed by atoms with van der Waals surface area (Å²) in [6.45, 7) is 1.79. The summed E-state index contributed by atoms with van der Waals surface area (Å²) in [5.74, 6) is 0.0646. The maximum absolute atomic E-state index is 11.8. The lowest BCUT2D eigenvalue weighted by molar-refractivity contribution is -0.0328. The minimum atomic E-state index is -4.13. The van der Waals surface area contributed by atoms with Crippen molar-refractivity contribution < 1.29 is 18.4 Å². The number of hydrogen-bond acceptors (Lipinski definition) is 4. The number of oxime groups is 1. The van der Waals surface area contributed by atoms with E-state index in [0.29, 0.717) is 32.5 Å². The van der Waals surface area contributed by atoms with Gasteiger partial charge in [0.05, 0.1) is 5.71 Å². The molecule has 15 heavy (non-hydrogen) atoms. The molecule has 1 aliphatic rings. The number of hydrogen-bond donors (Lipinski definition) is 1. The van der Waals surface area contributed by atoms with E-state index < -0.39 is 5.51 Å². The van der Waals surface area contributed by atoms with Crippen LogP contribution in [-0.4, -0.2) is 46.7 Å². The summed E-state index contributed by atoms with van der Waals surface area (Å²) in [6, 6.07) is 0. The van der Waals surface area contributed by atoms with Gasteiger partial charge in [-0.25, -0.2) is 0 Å². The zero-order chi connectivity index (χ0) is 11.3. The number of thioether (sulfide) groups is 1. The molecule has 0 bridgehead atoms. The molecule has 0 unspecified atom stereocenters. The van der Waals surface area contributed by atoms with E-state index in [1.165, 1.54) is 0 Å². The smallest absolute Gasteiger partial charge is 0.411 e. The van der Waals surface area contributed by atoms with Crippen molar-refractivity contribution in [3.8, 4) is 0 Å². The summed E-state index contributed by atoms with van der Waals surface area (Å²) in [6.07, 6.45) is 1.29. The molecule has 0 saturated carbocycles. The highest BCUT2D eigenvalue weighted by Crippen LogP contribution is 2.29. The number of nitrogens with zero attached hydrogens (tertiary/aromatic N) is 2. The van der Waals surface area contributed by atoms with E-state index >= 15 is 0 Å². The zero-order valence-corrected chi connectivity index (χ0v) is 8.94. The van der Waals surface area contributed by atoms with Crippen molar-refractivity contribution in [2.75, 3.05) is 25.4 Å². The van der Waals surface area contributed by atoms with Gasteiger partial charge in [-0.2, -0.15) is 13.2 Å². The zero-order valence-electron chi connectivity index (χ0n) is 8.13. The Morgan fingerprint density at radius 1 is 1.33 bits per heavy atom. The minimum absolute atomic E-state index is 0.0125. The lowest BCUT2D eigenvalue weighted by atomic mass is 10.1. The Bertz CT molecular complexity index is 222. The monoisotopic (exact) mass is 242 g/mol. The summed E-state index contributed by atoms with van der Waals surface area (Å²) in [7, 11) is 0. The molecule has 0 aliphatic carbocycles. The Balaban J connectivity index is 2.14. The normalized spacial score (nSPS) is 19.3. The number of halogens is 3. The molecule has 1 N–H and O–H groups in total. The number of alkyl halides is 3. The summed E-state index contributed by atoms with van der Waals surface area (Å²) in [4.78, 5) is 1.95. The summed E-state index contributed by atoms with van der Waals surface area (Å²) in [5.41, 5.74) is -3.40. The molecule has 1 fully saturated rings. The fraction of sp³-hybridized carbons (Fsp3) is 0.875. The second kappa shape index (κ2) is 5.60. The molecule has 1 heterocycles. The van der Waals surface area contributed by atoms with Gasteiger partial charge in [0, 0.05) is 38.2 Å². The van der Waals surface area contributed by atoms with E-state index in [-0.39, 0.29) is 17.5 Å². The van der Waals surface area contributed by atoms with Gasteiger partial charge in [0.15, 0.2) is 0 Å². The van der Waals surface area contributed by atoms with Gasteiger partial charge in [0.25, 0.3) is 0 Å². The topological polar surface area (TPSA) is 35.8 Å². The van der Waals surface area contributed by atoms with Crippen LogP contribution in [0.2, 0.25) is 0 Å². The average molecular weight is 242 g/mol. The van der Waals surface area contributed by atoms with Crippen LogP contribution in [0.25, 0.3) is 0 Å². The van der Waals surface area contributed by atoms with E-state index in [1.807, 2.05) is 4.90 Å². The highest BCUT2D eigenvalue weighted by Gasteiger charge is 2.28. The summed E-state index contributed by atoms with van der Waals surface area (Å²) in [5, 5.41) is 11.6. The molecule has 0 radical (unpaired) electrons. The minimum Gasteiger partial charge on any atom is -0.411 e. The van der Waals surface area contributed by atoms with E-state index in [0.717, 1.165) is 5.71 Å². The van der Waals surface area contributed by atoms with E-state index in [9.17, 15) is 13.2 Å². The molecule has 1 saturated heterocycles. The van der Waals surface area contributed by atoms with Crippen LogP contribution in [0.4, 0.5) is 13.2 Å². The fourth-order valence-electron chi connectivity index (χ4n) is 1.43. The Morgan fingerprint density at radius 3 is 2.40 bits per heavy atom. The maximum atomic E-state index is 11.8. The van der Waals surface area contributed by atoms with Crippen LogP contribution in [-0.2, 0) is 0 Å². The lowest BCUT2D eigenvalue weighted by Crippen LogP contribution is -2.35. The molecule has 0 aromatic heterocycles. The van der Waals surface area contributed by atoms with Gasteiger partial charge in [-0.3, -0.25) is 0 Å². The van der Waals surface area contributed by atoms with Crippen LogP contribution in [0.3, 0.4) is 0 Å². The van der Waals surface area contributed by atoms with Crippen LogP contribution in [0, 0.1) is 0 Å². The van der Waals surface area contributed by atoms with Crippen LogP contribution in [0.1, 0.15) is 12.8 Å². The van der Waals surface area contributed by atoms with Crippen LogP contribution < -0.4 is 0 Å². The van der Waals surface area contributed by atoms with E-state index in [2.05, 4.69) is 5.16 Å². The molecule has 1 aliphatic heterocycles. The largest absolute Gasteiger partial charge is 0.441 e. The van der Waals surface area contributed by atoms with E-state index in [1.54, 1.807) is 0 Å². The number of piperidine rings is 1. The Kier molecular flexibility index (Phi) is 4.72. The molecule has 0 aromatic rings. The lowest BCUT2D eigenvalue weighted by Gasteiger charge is -2.26. The standard InChI is InChI=1S/C8H13F3N2OS/c9-8(10,11)15-6-5-13-3-1-7(12-14)2-4-13/h14H,1-6H2. The second-order valence-electron chi connectivity index (χ2n) is 3.30. The first kappa shape index (κ1) is 12.6. The third-order valence-corrected chi connectivity index (χ3v) is 2.96. The molecular formula is C8H13F3N2OS. The summed E-state index contributed by atoms with van der Waals surface area (Å²) >= 11 is 0.0125. The van der Waals surface area contributed by atoms with Crippen molar-refractivity contribution in [2.45, 2.75) is 18.3 Å². The highest BCUT2D eigenvalue weighted by molar-refractivity contribution is 8.00. The van der Waals surface area contributed by atoms with Gasteiger partial charge in [-0.15, -0.1) is 0 Å². The number of rotatable bonds is 3. The average Bonchev–Trinajstić information content (AvgIpc) is 2.17. The fourth-order valence-corrected chi connectivity index (χ4v) is 2.01. The van der Waals surface area contributed by atoms with Gasteiger partial charge in [-0.05, 0) is 11.8 Å². The molecule has 88 valence electrons. The Hall–Kier alpha value is -0.430. The molecule has 0 spiro atoms.